The van der Waals surface area contributed by atoms with Gasteiger partial charge in [-0.1, -0.05) is 29.3 Å². The zero-order valence-corrected chi connectivity index (χ0v) is 13.1. The molecule has 110 valence electrons. The van der Waals surface area contributed by atoms with Crippen LogP contribution in [0.1, 0.15) is 4.88 Å². The maximum absolute atomic E-state index is 11.7. The van der Waals surface area contributed by atoms with Gasteiger partial charge in [-0.3, -0.25) is 9.59 Å². The van der Waals surface area contributed by atoms with Crippen molar-refractivity contribution in [3.63, 3.8) is 0 Å². The van der Waals surface area contributed by atoms with E-state index in [0.717, 1.165) is 4.88 Å². The predicted octanol–water partition coefficient (Wildman–Crippen LogP) is 3.78. The highest BCUT2D eigenvalue weighted by Crippen LogP contribution is 2.24. The van der Waals surface area contributed by atoms with Crippen LogP contribution >= 0.6 is 34.5 Å². The molecule has 2 rings (SSSR count). The predicted molar refractivity (Wildman–Crippen MR) is 84.1 cm³/mol. The number of nitrogens with one attached hydrogen (secondary N) is 1. The van der Waals surface area contributed by atoms with Gasteiger partial charge in [0, 0.05) is 10.6 Å². The molecule has 1 N–H and O–H groups in total. The molecule has 0 saturated carbocycles. The Morgan fingerprint density at radius 3 is 2.67 bits per heavy atom. The highest BCUT2D eigenvalue weighted by Gasteiger charge is 2.10. The van der Waals surface area contributed by atoms with E-state index in [1.807, 2.05) is 17.5 Å². The van der Waals surface area contributed by atoms with Crippen LogP contribution in [-0.4, -0.2) is 18.5 Å². The van der Waals surface area contributed by atoms with E-state index in [-0.39, 0.29) is 13.0 Å². The molecule has 0 fully saturated rings. The Kier molecular flexibility index (Phi) is 5.61. The Labute approximate surface area is 135 Å². The van der Waals surface area contributed by atoms with Gasteiger partial charge in [-0.15, -0.1) is 11.3 Å². The van der Waals surface area contributed by atoms with Crippen LogP contribution in [0.4, 0.5) is 5.69 Å². The molecule has 0 atom stereocenters. The largest absolute Gasteiger partial charge is 0.455 e. The second-order valence-corrected chi connectivity index (χ2v) is 5.94. The summed E-state index contributed by atoms with van der Waals surface area (Å²) in [5, 5.41) is 5.18. The number of thiophene rings is 1. The third kappa shape index (κ3) is 5.04. The van der Waals surface area contributed by atoms with Gasteiger partial charge in [0.05, 0.1) is 16.5 Å². The van der Waals surface area contributed by atoms with Gasteiger partial charge in [-0.05, 0) is 29.6 Å². The first-order chi connectivity index (χ1) is 10.0. The van der Waals surface area contributed by atoms with Gasteiger partial charge in [-0.2, -0.15) is 0 Å². The van der Waals surface area contributed by atoms with Gasteiger partial charge in [-0.25, -0.2) is 0 Å². The molecule has 1 aromatic heterocycles. The SMILES string of the molecule is O=C(COC(=O)Cc1cccs1)Nc1ccc(Cl)c(Cl)c1. The fourth-order valence-electron chi connectivity index (χ4n) is 1.52. The smallest absolute Gasteiger partial charge is 0.311 e. The number of rotatable bonds is 5. The van der Waals surface area contributed by atoms with Crippen LogP contribution in [0, 0.1) is 0 Å². The van der Waals surface area contributed by atoms with Gasteiger partial charge < -0.3 is 10.1 Å². The summed E-state index contributed by atoms with van der Waals surface area (Å²) in [4.78, 5) is 24.1. The zero-order valence-electron chi connectivity index (χ0n) is 10.8. The standard InChI is InChI=1S/C14H11Cl2NO3S/c15-11-4-3-9(6-12(11)16)17-13(18)8-20-14(19)7-10-2-1-5-21-10/h1-6H,7-8H2,(H,17,18). The number of amides is 1. The van der Waals surface area contributed by atoms with Crippen molar-refractivity contribution in [3.05, 3.63) is 50.6 Å². The second kappa shape index (κ2) is 7.45. The molecule has 0 aliphatic heterocycles. The number of halogens is 2. The van der Waals surface area contributed by atoms with Crippen LogP contribution in [0.3, 0.4) is 0 Å². The molecule has 1 amide bonds. The summed E-state index contributed by atoms with van der Waals surface area (Å²) in [5.74, 6) is -0.880. The Morgan fingerprint density at radius 2 is 2.00 bits per heavy atom. The van der Waals surface area contributed by atoms with Crippen molar-refractivity contribution < 1.29 is 14.3 Å². The van der Waals surface area contributed by atoms with E-state index in [4.69, 9.17) is 27.9 Å². The number of carbonyl (C=O) groups is 2. The van der Waals surface area contributed by atoms with E-state index >= 15 is 0 Å². The monoisotopic (exact) mass is 343 g/mol. The summed E-state index contributed by atoms with van der Waals surface area (Å²) < 4.78 is 4.90. The van der Waals surface area contributed by atoms with Crippen LogP contribution in [0.2, 0.25) is 10.0 Å². The highest BCUT2D eigenvalue weighted by molar-refractivity contribution is 7.10. The maximum atomic E-state index is 11.7. The number of esters is 1. The Balaban J connectivity index is 1.79. The molecular weight excluding hydrogens is 333 g/mol. The molecule has 0 unspecified atom stereocenters. The number of hydrogen-bond donors (Lipinski definition) is 1. The first kappa shape index (κ1) is 15.8. The van der Waals surface area contributed by atoms with Crippen molar-refractivity contribution in [1.29, 1.82) is 0 Å². The first-order valence-electron chi connectivity index (χ1n) is 5.97. The Bertz CT molecular complexity index is 644. The fourth-order valence-corrected chi connectivity index (χ4v) is 2.51. The van der Waals surface area contributed by atoms with E-state index in [9.17, 15) is 9.59 Å². The van der Waals surface area contributed by atoms with Crippen molar-refractivity contribution in [2.45, 2.75) is 6.42 Å². The van der Waals surface area contributed by atoms with Crippen molar-refractivity contribution >= 4 is 52.1 Å². The molecule has 7 heteroatoms. The van der Waals surface area contributed by atoms with E-state index in [2.05, 4.69) is 5.32 Å². The van der Waals surface area contributed by atoms with Gasteiger partial charge in [0.15, 0.2) is 6.61 Å². The number of hydrogen-bond acceptors (Lipinski definition) is 4. The molecule has 0 bridgehead atoms. The molecule has 0 saturated heterocycles. The summed E-state index contributed by atoms with van der Waals surface area (Å²) >= 11 is 13.1. The summed E-state index contributed by atoms with van der Waals surface area (Å²) in [7, 11) is 0. The molecule has 1 aromatic carbocycles. The summed E-state index contributed by atoms with van der Waals surface area (Å²) in [6.07, 6.45) is 0.164. The lowest BCUT2D eigenvalue weighted by atomic mass is 10.3. The van der Waals surface area contributed by atoms with Crippen LogP contribution < -0.4 is 5.32 Å². The van der Waals surface area contributed by atoms with Gasteiger partial charge in [0.2, 0.25) is 0 Å². The average Bonchev–Trinajstić information content (AvgIpc) is 2.93. The molecule has 0 aliphatic rings. The molecule has 1 heterocycles. The van der Waals surface area contributed by atoms with Gasteiger partial charge in [0.25, 0.3) is 5.91 Å². The van der Waals surface area contributed by atoms with Crippen LogP contribution in [0.25, 0.3) is 0 Å². The first-order valence-corrected chi connectivity index (χ1v) is 7.61. The summed E-state index contributed by atoms with van der Waals surface area (Å²) in [6, 6.07) is 8.39. The molecule has 2 aromatic rings. The lowest BCUT2D eigenvalue weighted by Gasteiger charge is -2.07. The zero-order chi connectivity index (χ0) is 15.2. The third-order valence-corrected chi connectivity index (χ3v) is 4.08. The number of carbonyl (C=O) groups excluding carboxylic acids is 2. The molecule has 0 spiro atoms. The van der Waals surface area contributed by atoms with Crippen molar-refractivity contribution in [1.82, 2.24) is 0 Å². The molecule has 21 heavy (non-hydrogen) atoms. The molecule has 0 aliphatic carbocycles. The molecule has 0 radical (unpaired) electrons. The summed E-state index contributed by atoms with van der Waals surface area (Å²) in [6.45, 7) is -0.343. The topological polar surface area (TPSA) is 55.4 Å². The normalized spacial score (nSPS) is 10.2. The van der Waals surface area contributed by atoms with E-state index < -0.39 is 11.9 Å². The van der Waals surface area contributed by atoms with Crippen molar-refractivity contribution in [3.8, 4) is 0 Å². The third-order valence-electron chi connectivity index (χ3n) is 2.47. The van der Waals surface area contributed by atoms with Crippen LogP contribution in [-0.2, 0) is 20.7 Å². The van der Waals surface area contributed by atoms with Gasteiger partial charge in [0.1, 0.15) is 0 Å². The highest BCUT2D eigenvalue weighted by atomic mass is 35.5. The minimum Gasteiger partial charge on any atom is -0.455 e. The van der Waals surface area contributed by atoms with E-state index in [1.165, 1.54) is 17.4 Å². The molecular formula is C14H11Cl2NO3S. The Morgan fingerprint density at radius 1 is 1.19 bits per heavy atom. The summed E-state index contributed by atoms with van der Waals surface area (Å²) in [5.41, 5.74) is 0.490. The minimum absolute atomic E-state index is 0.164. The fraction of sp³-hybridized carbons (Fsp3) is 0.143. The number of ether oxygens (including phenoxy) is 1. The number of benzene rings is 1. The lowest BCUT2D eigenvalue weighted by molar-refractivity contribution is -0.146. The van der Waals surface area contributed by atoms with Crippen molar-refractivity contribution in [2.24, 2.45) is 0 Å². The van der Waals surface area contributed by atoms with Gasteiger partial charge >= 0.3 is 5.97 Å². The Hall–Kier alpha value is -1.56. The average molecular weight is 344 g/mol. The van der Waals surface area contributed by atoms with Crippen LogP contribution in [0.15, 0.2) is 35.7 Å². The molecule has 4 nitrogen and oxygen atoms in total. The van der Waals surface area contributed by atoms with Crippen molar-refractivity contribution in [2.75, 3.05) is 11.9 Å². The van der Waals surface area contributed by atoms with Crippen LogP contribution in [0.5, 0.6) is 0 Å². The second-order valence-electron chi connectivity index (χ2n) is 4.09. The quantitative estimate of drug-likeness (QED) is 0.840. The van der Waals surface area contributed by atoms with E-state index in [1.54, 1.807) is 12.1 Å². The minimum atomic E-state index is -0.443. The maximum Gasteiger partial charge on any atom is 0.311 e. The number of anilines is 1. The lowest BCUT2D eigenvalue weighted by Crippen LogP contribution is -2.21. The van der Waals surface area contributed by atoms with E-state index in [0.29, 0.717) is 15.7 Å².